The van der Waals surface area contributed by atoms with Crippen molar-refractivity contribution < 1.29 is 28.7 Å². The molecule has 1 aliphatic heterocycles. The summed E-state index contributed by atoms with van der Waals surface area (Å²) in [5.74, 6) is -0.903. The maximum absolute atomic E-state index is 12.5. The molecule has 0 fully saturated rings. The van der Waals surface area contributed by atoms with Gasteiger partial charge in [-0.15, -0.1) is 0 Å². The Kier molecular flexibility index (Phi) is 5.93. The number of hydrogen-bond donors (Lipinski definition) is 1. The van der Waals surface area contributed by atoms with Gasteiger partial charge in [0.1, 0.15) is 30.5 Å². The number of nitro groups is 1. The number of fused-ring (bicyclic) bond motifs is 1. The van der Waals surface area contributed by atoms with Crippen LogP contribution in [0.25, 0.3) is 6.08 Å². The van der Waals surface area contributed by atoms with Crippen LogP contribution in [0.4, 0.5) is 11.4 Å². The van der Waals surface area contributed by atoms with E-state index in [1.165, 1.54) is 43.5 Å². The Labute approximate surface area is 170 Å². The summed E-state index contributed by atoms with van der Waals surface area (Å²) in [7, 11) is 1.26. The Balaban J connectivity index is 1.86. The first-order valence-corrected chi connectivity index (χ1v) is 8.62. The number of nitro benzene ring substituents is 1. The summed E-state index contributed by atoms with van der Waals surface area (Å²) in [6.07, 6.45) is 1.29. The van der Waals surface area contributed by atoms with Gasteiger partial charge >= 0.3 is 5.97 Å². The molecule has 0 spiro atoms. The lowest BCUT2D eigenvalue weighted by Gasteiger charge is -2.19. The second-order valence-corrected chi connectivity index (χ2v) is 6.01. The van der Waals surface area contributed by atoms with E-state index in [-0.39, 0.29) is 36.0 Å². The molecule has 152 valence electrons. The number of ether oxygens (including phenoxy) is 3. The zero-order valence-electron chi connectivity index (χ0n) is 15.7. The highest BCUT2D eigenvalue weighted by Crippen LogP contribution is 2.39. The molecule has 0 atom stereocenters. The number of esters is 1. The van der Waals surface area contributed by atoms with E-state index in [9.17, 15) is 25.0 Å². The topological polar surface area (TPSA) is 141 Å². The molecule has 2 aromatic rings. The fraction of sp³-hybridized carbons (Fsp3) is 0.150. The van der Waals surface area contributed by atoms with Crippen molar-refractivity contribution in [2.45, 2.75) is 0 Å². The number of hydrogen-bond acceptors (Lipinski definition) is 8. The van der Waals surface area contributed by atoms with Crippen molar-refractivity contribution in [3.8, 4) is 17.6 Å². The van der Waals surface area contributed by atoms with E-state index in [1.54, 1.807) is 6.07 Å². The van der Waals surface area contributed by atoms with Gasteiger partial charge in [-0.05, 0) is 23.8 Å². The summed E-state index contributed by atoms with van der Waals surface area (Å²) in [5, 5.41) is 23.1. The molecule has 0 aromatic heterocycles. The number of benzene rings is 2. The van der Waals surface area contributed by atoms with E-state index < -0.39 is 22.5 Å². The van der Waals surface area contributed by atoms with Crippen molar-refractivity contribution in [3.63, 3.8) is 0 Å². The molecular weight excluding hydrogens is 394 g/mol. The highest BCUT2D eigenvalue weighted by molar-refractivity contribution is 6.10. The van der Waals surface area contributed by atoms with Gasteiger partial charge in [0.15, 0.2) is 11.5 Å². The van der Waals surface area contributed by atoms with E-state index >= 15 is 0 Å². The number of carbonyl (C=O) groups excluding carboxylic acids is 2. The molecule has 30 heavy (non-hydrogen) atoms. The molecule has 0 bridgehead atoms. The summed E-state index contributed by atoms with van der Waals surface area (Å²) in [5.41, 5.74) is -0.0238. The predicted octanol–water partition coefficient (Wildman–Crippen LogP) is 2.70. The molecule has 0 saturated carbocycles. The minimum Gasteiger partial charge on any atom is -0.486 e. The molecule has 1 N–H and O–H groups in total. The summed E-state index contributed by atoms with van der Waals surface area (Å²) in [4.78, 5) is 34.7. The van der Waals surface area contributed by atoms with Crippen LogP contribution in [-0.2, 0) is 9.53 Å². The summed E-state index contributed by atoms with van der Waals surface area (Å²) < 4.78 is 15.3. The molecule has 0 aliphatic carbocycles. The molecule has 10 heteroatoms. The van der Waals surface area contributed by atoms with E-state index in [2.05, 4.69) is 10.1 Å². The van der Waals surface area contributed by atoms with E-state index in [1.807, 2.05) is 0 Å². The van der Waals surface area contributed by atoms with Crippen molar-refractivity contribution in [1.29, 1.82) is 5.26 Å². The van der Waals surface area contributed by atoms with Crippen molar-refractivity contribution in [1.82, 2.24) is 0 Å². The number of methoxy groups -OCH3 is 1. The number of amides is 1. The lowest BCUT2D eigenvalue weighted by Crippen LogP contribution is -2.18. The number of rotatable bonds is 5. The van der Waals surface area contributed by atoms with Gasteiger partial charge in [-0.2, -0.15) is 5.26 Å². The summed E-state index contributed by atoms with van der Waals surface area (Å²) >= 11 is 0. The average Bonchev–Trinajstić information content (AvgIpc) is 2.76. The Hall–Kier alpha value is -4.39. The zero-order valence-corrected chi connectivity index (χ0v) is 15.7. The number of anilines is 1. The van der Waals surface area contributed by atoms with Crippen LogP contribution in [0, 0.1) is 21.4 Å². The highest BCUT2D eigenvalue weighted by Gasteiger charge is 2.24. The van der Waals surface area contributed by atoms with Crippen LogP contribution in [0.2, 0.25) is 0 Å². The lowest BCUT2D eigenvalue weighted by molar-refractivity contribution is -0.384. The van der Waals surface area contributed by atoms with Crippen LogP contribution in [0.3, 0.4) is 0 Å². The Morgan fingerprint density at radius 1 is 1.20 bits per heavy atom. The molecule has 1 amide bonds. The van der Waals surface area contributed by atoms with Gasteiger partial charge < -0.3 is 19.5 Å². The first-order chi connectivity index (χ1) is 14.4. The third-order valence-electron chi connectivity index (χ3n) is 4.11. The maximum atomic E-state index is 12.5. The van der Waals surface area contributed by atoms with Crippen molar-refractivity contribution in [2.24, 2.45) is 0 Å². The Morgan fingerprint density at radius 2 is 1.83 bits per heavy atom. The Bertz CT molecular complexity index is 1080. The van der Waals surface area contributed by atoms with Crippen LogP contribution in [0.5, 0.6) is 11.5 Å². The monoisotopic (exact) mass is 409 g/mol. The Morgan fingerprint density at radius 3 is 2.40 bits per heavy atom. The van der Waals surface area contributed by atoms with Gasteiger partial charge in [-0.25, -0.2) is 4.79 Å². The van der Waals surface area contributed by atoms with Gasteiger partial charge in [0, 0.05) is 6.07 Å². The summed E-state index contributed by atoms with van der Waals surface area (Å²) in [6, 6.07) is 10.2. The van der Waals surface area contributed by atoms with E-state index in [4.69, 9.17) is 9.47 Å². The maximum Gasteiger partial charge on any atom is 0.337 e. The second kappa shape index (κ2) is 8.74. The van der Waals surface area contributed by atoms with Gasteiger partial charge in [-0.1, -0.05) is 12.1 Å². The minimum absolute atomic E-state index is 0.128. The normalized spacial score (nSPS) is 12.5. The van der Waals surface area contributed by atoms with Crippen LogP contribution in [-0.4, -0.2) is 37.1 Å². The first kappa shape index (κ1) is 20.3. The third kappa shape index (κ3) is 4.36. The molecule has 1 heterocycles. The fourth-order valence-corrected chi connectivity index (χ4v) is 2.67. The third-order valence-corrected chi connectivity index (χ3v) is 4.11. The van der Waals surface area contributed by atoms with Crippen molar-refractivity contribution in [2.75, 3.05) is 25.6 Å². The number of nitrogens with zero attached hydrogens (tertiary/aromatic N) is 2. The molecule has 0 saturated heterocycles. The van der Waals surface area contributed by atoms with E-state index in [0.717, 1.165) is 6.07 Å². The van der Waals surface area contributed by atoms with Crippen molar-refractivity contribution >= 4 is 29.3 Å². The average molecular weight is 409 g/mol. The smallest absolute Gasteiger partial charge is 0.337 e. The minimum atomic E-state index is -0.839. The zero-order chi connectivity index (χ0) is 21.7. The van der Waals surface area contributed by atoms with Gasteiger partial charge in [0.25, 0.3) is 11.6 Å². The van der Waals surface area contributed by atoms with Gasteiger partial charge in [0.2, 0.25) is 0 Å². The predicted molar refractivity (Wildman–Crippen MR) is 104 cm³/mol. The molecule has 2 aromatic carbocycles. The standard InChI is InChI=1S/C20H15N3O7/c1-28-20(25)13-4-2-12(3-5-13)8-14(11-21)19(24)22-15-9-17-18(30-7-6-29-17)10-16(15)23(26)27/h2-5,8-10H,6-7H2,1H3,(H,22,24)/b14-8+. The molecular formula is C20H15N3O7. The molecule has 0 unspecified atom stereocenters. The van der Waals surface area contributed by atoms with E-state index in [0.29, 0.717) is 11.1 Å². The van der Waals surface area contributed by atoms with Crippen LogP contribution in [0.15, 0.2) is 42.0 Å². The molecule has 1 aliphatic rings. The summed E-state index contributed by atoms with van der Waals surface area (Å²) in [6.45, 7) is 0.523. The SMILES string of the molecule is COC(=O)c1ccc(/C=C(\C#N)C(=O)Nc2cc3c(cc2[N+](=O)[O-])OCCO3)cc1. The van der Waals surface area contributed by atoms with Gasteiger partial charge in [-0.3, -0.25) is 14.9 Å². The molecule has 0 radical (unpaired) electrons. The highest BCUT2D eigenvalue weighted by atomic mass is 16.6. The van der Waals surface area contributed by atoms with Crippen LogP contribution >= 0.6 is 0 Å². The molecule has 3 rings (SSSR count). The van der Waals surface area contributed by atoms with Crippen LogP contribution in [0.1, 0.15) is 15.9 Å². The fourth-order valence-electron chi connectivity index (χ4n) is 2.67. The van der Waals surface area contributed by atoms with Crippen LogP contribution < -0.4 is 14.8 Å². The lowest BCUT2D eigenvalue weighted by atomic mass is 10.1. The number of carbonyl (C=O) groups is 2. The van der Waals surface area contributed by atoms with Gasteiger partial charge in [0.05, 0.1) is 23.7 Å². The first-order valence-electron chi connectivity index (χ1n) is 8.62. The second-order valence-electron chi connectivity index (χ2n) is 6.01. The quantitative estimate of drug-likeness (QED) is 0.261. The molecule has 10 nitrogen and oxygen atoms in total. The largest absolute Gasteiger partial charge is 0.486 e. The number of nitriles is 1. The van der Waals surface area contributed by atoms with Crippen molar-refractivity contribution in [3.05, 3.63) is 63.2 Å². The number of nitrogens with one attached hydrogen (secondary N) is 1.